The number of aromatic nitrogens is 1. The molecule has 0 aliphatic carbocycles. The molecule has 0 unspecified atom stereocenters. The molecule has 0 saturated carbocycles. The fourth-order valence-corrected chi connectivity index (χ4v) is 2.86. The van der Waals surface area contributed by atoms with Crippen LogP contribution in [0, 0.1) is 0 Å². The van der Waals surface area contributed by atoms with Crippen LogP contribution in [0.2, 0.25) is 0 Å². The molecule has 0 spiro atoms. The predicted molar refractivity (Wildman–Crippen MR) is 82.8 cm³/mol. The van der Waals surface area contributed by atoms with Crippen molar-refractivity contribution in [2.75, 3.05) is 0 Å². The van der Waals surface area contributed by atoms with E-state index in [0.29, 0.717) is 5.69 Å². The molecule has 0 atom stereocenters. The number of imide groups is 1. The molecule has 0 fully saturated rings. The molecule has 0 radical (unpaired) electrons. The lowest BCUT2D eigenvalue weighted by molar-refractivity contribution is -0.142. The minimum atomic E-state index is -0.503. The maximum absolute atomic E-state index is 12.0. The Morgan fingerprint density at radius 2 is 1.64 bits per heavy atom. The summed E-state index contributed by atoms with van der Waals surface area (Å²) >= 11 is 1.19. The number of amides is 2. The molecule has 22 heavy (non-hydrogen) atoms. The number of carbonyl (C=O) groups is 3. The topological polar surface area (TPSA) is 71.7 Å². The molecular weight excluding hydrogens is 302 g/mol. The highest BCUT2D eigenvalue weighted by atomic mass is 32.1. The van der Waals surface area contributed by atoms with Gasteiger partial charge < -0.3 is 0 Å². The van der Waals surface area contributed by atoms with Crippen LogP contribution in [0.1, 0.15) is 25.6 Å². The third-order valence-corrected chi connectivity index (χ3v) is 3.69. The molecule has 0 saturated heterocycles. The van der Waals surface area contributed by atoms with Gasteiger partial charge in [0.15, 0.2) is 0 Å². The van der Waals surface area contributed by atoms with E-state index in [1.807, 2.05) is 30.3 Å². The Morgan fingerprint density at radius 3 is 2.14 bits per heavy atom. The zero-order valence-corrected chi connectivity index (χ0v) is 13.3. The molecule has 114 valence electrons. The van der Waals surface area contributed by atoms with Gasteiger partial charge >= 0.3 is 0 Å². The van der Waals surface area contributed by atoms with Gasteiger partial charge in [0.1, 0.15) is 0 Å². The van der Waals surface area contributed by atoms with Crippen molar-refractivity contribution < 1.29 is 14.4 Å². The summed E-state index contributed by atoms with van der Waals surface area (Å²) in [4.78, 5) is 35.2. The molecule has 1 aromatic carbocycles. The third kappa shape index (κ3) is 3.20. The van der Waals surface area contributed by atoms with Gasteiger partial charge in [0, 0.05) is 26.2 Å². The molecular formula is C15H15N3O3S. The Bertz CT molecular complexity index is 776. The molecule has 0 aliphatic rings. The van der Waals surface area contributed by atoms with Crippen LogP contribution in [0.15, 0.2) is 40.8 Å². The molecule has 2 aromatic rings. The highest BCUT2D eigenvalue weighted by molar-refractivity contribution is 7.07. The van der Waals surface area contributed by atoms with Gasteiger partial charge in [0.25, 0.3) is 0 Å². The fraction of sp³-hybridized carbons (Fsp3) is 0.200. The predicted octanol–water partition coefficient (Wildman–Crippen LogP) is 2.09. The van der Waals surface area contributed by atoms with Gasteiger partial charge in [-0.1, -0.05) is 30.3 Å². The summed E-state index contributed by atoms with van der Waals surface area (Å²) in [5.41, 5.74) is 1.52. The lowest BCUT2D eigenvalue weighted by atomic mass is 10.2. The molecule has 1 heterocycles. The average molecular weight is 317 g/mol. The summed E-state index contributed by atoms with van der Waals surface area (Å²) in [6, 6.07) is 9.36. The average Bonchev–Trinajstić information content (AvgIpc) is 2.88. The molecule has 7 heteroatoms. The van der Waals surface area contributed by atoms with Gasteiger partial charge in [0.2, 0.25) is 22.5 Å². The van der Waals surface area contributed by atoms with Crippen LogP contribution in [-0.2, 0) is 9.59 Å². The van der Waals surface area contributed by atoms with E-state index < -0.39 is 11.8 Å². The normalized spacial score (nSPS) is 11.3. The largest absolute Gasteiger partial charge is 0.274 e. The van der Waals surface area contributed by atoms with Crippen molar-refractivity contribution in [1.29, 1.82) is 0 Å². The summed E-state index contributed by atoms with van der Waals surface area (Å²) in [7, 11) is 0. The summed E-state index contributed by atoms with van der Waals surface area (Å²) < 4.78 is 1.39. The van der Waals surface area contributed by atoms with E-state index >= 15 is 0 Å². The zero-order valence-electron chi connectivity index (χ0n) is 12.4. The van der Waals surface area contributed by atoms with Gasteiger partial charge in [-0.25, -0.2) is 0 Å². The quantitative estimate of drug-likeness (QED) is 0.796. The molecule has 0 bridgehead atoms. The number of nitrogens with zero attached hydrogens (tertiary/aromatic N) is 3. The number of hydrogen-bond donors (Lipinski definition) is 0. The van der Waals surface area contributed by atoms with E-state index in [0.717, 1.165) is 10.6 Å². The Hall–Kier alpha value is -2.54. The van der Waals surface area contributed by atoms with Crippen LogP contribution in [0.4, 0.5) is 0 Å². The number of thiazole rings is 1. The Labute approximate surface area is 131 Å². The van der Waals surface area contributed by atoms with Gasteiger partial charge in [-0.2, -0.15) is 5.01 Å². The number of benzene rings is 1. The molecule has 2 amide bonds. The molecule has 0 aliphatic heterocycles. The first-order valence-corrected chi connectivity index (χ1v) is 7.42. The lowest BCUT2D eigenvalue weighted by Crippen LogP contribution is -2.33. The summed E-state index contributed by atoms with van der Waals surface area (Å²) in [6.45, 7) is 3.90. The highest BCUT2D eigenvalue weighted by Crippen LogP contribution is 2.19. The maximum atomic E-state index is 12.0. The van der Waals surface area contributed by atoms with Crippen LogP contribution in [0.5, 0.6) is 0 Å². The molecule has 0 N–H and O–H groups in total. The minimum absolute atomic E-state index is 0.245. The lowest BCUT2D eigenvalue weighted by Gasteiger charge is -2.10. The van der Waals surface area contributed by atoms with Gasteiger partial charge in [-0.3, -0.25) is 19.0 Å². The Morgan fingerprint density at radius 1 is 1.05 bits per heavy atom. The van der Waals surface area contributed by atoms with E-state index in [1.165, 1.54) is 36.7 Å². The third-order valence-electron chi connectivity index (χ3n) is 2.87. The fourth-order valence-electron chi connectivity index (χ4n) is 1.94. The Balaban J connectivity index is 2.64. The van der Waals surface area contributed by atoms with Crippen LogP contribution in [0.3, 0.4) is 0 Å². The maximum Gasteiger partial charge on any atom is 0.246 e. The highest BCUT2D eigenvalue weighted by Gasteiger charge is 2.16. The first kappa shape index (κ1) is 15.8. The first-order chi connectivity index (χ1) is 10.4. The van der Waals surface area contributed by atoms with Crippen molar-refractivity contribution >= 4 is 29.1 Å². The van der Waals surface area contributed by atoms with E-state index in [9.17, 15) is 14.4 Å². The minimum Gasteiger partial charge on any atom is -0.274 e. The number of carbonyl (C=O) groups excluding carboxylic acids is 3. The standard InChI is InChI=1S/C15H15N3O3S/c1-10(19)17-14(13-7-5-4-6-8-13)9-22-15(17)16-18(11(2)20)12(3)21/h4-9H,1-3H3. The van der Waals surface area contributed by atoms with Crippen LogP contribution in [-0.4, -0.2) is 27.3 Å². The van der Waals surface area contributed by atoms with E-state index in [2.05, 4.69) is 5.10 Å². The smallest absolute Gasteiger partial charge is 0.246 e. The molecule has 2 rings (SSSR count). The molecule has 1 aromatic heterocycles. The first-order valence-electron chi connectivity index (χ1n) is 6.54. The zero-order chi connectivity index (χ0) is 16.3. The SMILES string of the molecule is CC(=O)N(N=c1scc(-c2ccccc2)n1C(C)=O)C(C)=O. The van der Waals surface area contributed by atoms with Crippen molar-refractivity contribution in [3.05, 3.63) is 40.5 Å². The van der Waals surface area contributed by atoms with Gasteiger partial charge in [-0.15, -0.1) is 16.4 Å². The van der Waals surface area contributed by atoms with Crippen LogP contribution < -0.4 is 4.80 Å². The summed E-state index contributed by atoms with van der Waals surface area (Å²) in [5.74, 6) is -1.25. The van der Waals surface area contributed by atoms with Crippen molar-refractivity contribution in [2.24, 2.45) is 5.10 Å². The second-order valence-corrected chi connectivity index (χ2v) is 5.41. The van der Waals surface area contributed by atoms with Crippen molar-refractivity contribution in [3.8, 4) is 11.3 Å². The summed E-state index contributed by atoms with van der Waals surface area (Å²) in [6.07, 6.45) is 0. The number of hydrogen-bond acceptors (Lipinski definition) is 5. The monoisotopic (exact) mass is 317 g/mol. The van der Waals surface area contributed by atoms with Crippen molar-refractivity contribution in [1.82, 2.24) is 9.58 Å². The van der Waals surface area contributed by atoms with E-state index in [-0.39, 0.29) is 10.7 Å². The van der Waals surface area contributed by atoms with E-state index in [1.54, 1.807) is 5.38 Å². The van der Waals surface area contributed by atoms with E-state index in [4.69, 9.17) is 0 Å². The van der Waals surface area contributed by atoms with Gasteiger partial charge in [0.05, 0.1) is 5.69 Å². The van der Waals surface area contributed by atoms with Crippen LogP contribution >= 0.6 is 11.3 Å². The second kappa shape index (κ2) is 6.48. The van der Waals surface area contributed by atoms with Crippen molar-refractivity contribution in [3.63, 3.8) is 0 Å². The van der Waals surface area contributed by atoms with Crippen LogP contribution in [0.25, 0.3) is 11.3 Å². The summed E-state index contributed by atoms with van der Waals surface area (Å²) in [5, 5.41) is 6.54. The second-order valence-electron chi connectivity index (χ2n) is 4.57. The van der Waals surface area contributed by atoms with Crippen molar-refractivity contribution in [2.45, 2.75) is 20.8 Å². The van der Waals surface area contributed by atoms with Gasteiger partial charge in [-0.05, 0) is 5.56 Å². The molecule has 6 nitrogen and oxygen atoms in total. The Kier molecular flexibility index (Phi) is 4.67. The number of rotatable bonds is 2.